The summed E-state index contributed by atoms with van der Waals surface area (Å²) in [5.41, 5.74) is 6.10. The van der Waals surface area contributed by atoms with Gasteiger partial charge < -0.3 is 10.5 Å². The van der Waals surface area contributed by atoms with Crippen molar-refractivity contribution in [2.75, 3.05) is 0 Å². The molecule has 2 heteroatoms. The molecule has 0 bridgehead atoms. The third-order valence-electron chi connectivity index (χ3n) is 1.75. The minimum atomic E-state index is -0.145. The quantitative estimate of drug-likeness (QED) is 0.645. The van der Waals surface area contributed by atoms with Crippen LogP contribution in [0.5, 0.6) is 0 Å². The summed E-state index contributed by atoms with van der Waals surface area (Å²) in [6, 6.07) is 0. The molecule has 1 saturated carbocycles. The molecule has 0 spiro atoms. The van der Waals surface area contributed by atoms with Crippen molar-refractivity contribution in [1.82, 2.24) is 0 Å². The lowest BCUT2D eigenvalue weighted by Gasteiger charge is -2.18. The van der Waals surface area contributed by atoms with Crippen molar-refractivity contribution >= 4 is 0 Å². The molecule has 0 aliphatic heterocycles. The van der Waals surface area contributed by atoms with Crippen molar-refractivity contribution in [1.29, 1.82) is 0 Å². The lowest BCUT2D eigenvalue weighted by atomic mass is 10.2. The van der Waals surface area contributed by atoms with Crippen LogP contribution in [-0.4, -0.2) is 11.7 Å². The van der Waals surface area contributed by atoms with E-state index in [4.69, 9.17) is 10.5 Å². The molecule has 10 heavy (non-hydrogen) atoms. The highest BCUT2D eigenvalue weighted by molar-refractivity contribution is 5.18. The third-order valence-corrected chi connectivity index (χ3v) is 1.75. The van der Waals surface area contributed by atoms with Crippen LogP contribution in [0.25, 0.3) is 0 Å². The van der Waals surface area contributed by atoms with Crippen LogP contribution in [0.4, 0.5) is 0 Å². The second kappa shape index (κ2) is 2.27. The van der Waals surface area contributed by atoms with E-state index in [0.29, 0.717) is 5.70 Å². The molecule has 0 heterocycles. The molecule has 0 aromatic carbocycles. The molecule has 1 fully saturated rings. The monoisotopic (exact) mass is 141 g/mol. The van der Waals surface area contributed by atoms with Crippen LogP contribution in [0, 0.1) is 0 Å². The van der Waals surface area contributed by atoms with Gasteiger partial charge in [0.2, 0.25) is 0 Å². The fourth-order valence-corrected chi connectivity index (χ4v) is 1.08. The highest BCUT2D eigenvalue weighted by Gasteiger charge is 2.46. The summed E-state index contributed by atoms with van der Waals surface area (Å²) in [6.45, 7) is 7.73. The lowest BCUT2D eigenvalue weighted by molar-refractivity contribution is 0.0111. The molecule has 1 rings (SSSR count). The predicted octanol–water partition coefficient (Wildman–Crippen LogP) is 1.42. The molecule has 0 unspecified atom stereocenters. The Morgan fingerprint density at radius 2 is 2.10 bits per heavy atom. The minimum Gasteiger partial charge on any atom is -0.400 e. The number of hydrogen-bond donors (Lipinski definition) is 1. The largest absolute Gasteiger partial charge is 0.400 e. The average Bonchev–Trinajstić information content (AvgIpc) is 2.46. The SMILES string of the molecule is C=C(N)C1(OC(C)C)CC1. The molecular formula is C8H15NO. The van der Waals surface area contributed by atoms with Crippen LogP contribution in [0.15, 0.2) is 12.3 Å². The van der Waals surface area contributed by atoms with Crippen molar-refractivity contribution < 1.29 is 4.74 Å². The first-order valence-corrected chi connectivity index (χ1v) is 3.69. The Labute approximate surface area is 62.1 Å². The Hall–Kier alpha value is -0.500. The molecule has 0 saturated heterocycles. The standard InChI is InChI=1S/C8H15NO/c1-6(2)10-8(4-5-8)7(3)9/h6H,3-5,9H2,1-2H3. The molecule has 2 nitrogen and oxygen atoms in total. The van der Waals surface area contributed by atoms with Crippen molar-refractivity contribution in [2.24, 2.45) is 5.73 Å². The number of rotatable bonds is 3. The first kappa shape index (κ1) is 7.61. The highest BCUT2D eigenvalue weighted by Crippen LogP contribution is 2.44. The number of ether oxygens (including phenoxy) is 1. The lowest BCUT2D eigenvalue weighted by Crippen LogP contribution is -2.25. The Kier molecular flexibility index (Phi) is 1.73. The molecular weight excluding hydrogens is 126 g/mol. The van der Waals surface area contributed by atoms with E-state index < -0.39 is 0 Å². The number of hydrogen-bond acceptors (Lipinski definition) is 2. The van der Waals surface area contributed by atoms with Crippen LogP contribution < -0.4 is 5.73 Å². The maximum absolute atomic E-state index is 5.59. The topological polar surface area (TPSA) is 35.2 Å². The van der Waals surface area contributed by atoms with E-state index in [1.54, 1.807) is 0 Å². The Morgan fingerprint density at radius 1 is 1.60 bits per heavy atom. The van der Waals surface area contributed by atoms with Gasteiger partial charge in [-0.05, 0) is 26.7 Å². The van der Waals surface area contributed by atoms with Gasteiger partial charge in [-0.2, -0.15) is 0 Å². The molecule has 2 N–H and O–H groups in total. The van der Waals surface area contributed by atoms with Crippen molar-refractivity contribution in [3.8, 4) is 0 Å². The van der Waals surface area contributed by atoms with Crippen molar-refractivity contribution in [2.45, 2.75) is 38.4 Å². The predicted molar refractivity (Wildman–Crippen MR) is 41.5 cm³/mol. The van der Waals surface area contributed by atoms with Crippen molar-refractivity contribution in [3.63, 3.8) is 0 Å². The molecule has 0 aromatic rings. The van der Waals surface area contributed by atoms with Crippen LogP contribution in [-0.2, 0) is 4.74 Å². The molecule has 0 radical (unpaired) electrons. The van der Waals surface area contributed by atoms with Gasteiger partial charge in [0, 0.05) is 5.70 Å². The van der Waals surface area contributed by atoms with Crippen molar-refractivity contribution in [3.05, 3.63) is 12.3 Å². The van der Waals surface area contributed by atoms with Gasteiger partial charge in [-0.3, -0.25) is 0 Å². The summed E-state index contributed by atoms with van der Waals surface area (Å²) in [7, 11) is 0. The Bertz CT molecular complexity index is 147. The first-order chi connectivity index (χ1) is 4.57. The fraction of sp³-hybridized carbons (Fsp3) is 0.750. The van der Waals surface area contributed by atoms with E-state index in [1.165, 1.54) is 0 Å². The van der Waals surface area contributed by atoms with E-state index in [9.17, 15) is 0 Å². The number of nitrogens with two attached hydrogens (primary N) is 1. The molecule has 1 aliphatic carbocycles. The second-order valence-corrected chi connectivity index (χ2v) is 3.19. The van der Waals surface area contributed by atoms with Crippen LogP contribution in [0.2, 0.25) is 0 Å². The molecule has 1 aliphatic rings. The zero-order valence-electron chi connectivity index (χ0n) is 6.68. The highest BCUT2D eigenvalue weighted by atomic mass is 16.5. The molecule has 0 atom stereocenters. The van der Waals surface area contributed by atoms with Crippen LogP contribution >= 0.6 is 0 Å². The summed E-state index contributed by atoms with van der Waals surface area (Å²) in [4.78, 5) is 0. The average molecular weight is 141 g/mol. The summed E-state index contributed by atoms with van der Waals surface area (Å²) >= 11 is 0. The van der Waals surface area contributed by atoms with Crippen LogP contribution in [0.1, 0.15) is 26.7 Å². The first-order valence-electron chi connectivity index (χ1n) is 3.69. The Morgan fingerprint density at radius 3 is 2.20 bits per heavy atom. The van der Waals surface area contributed by atoms with E-state index >= 15 is 0 Å². The van der Waals surface area contributed by atoms with E-state index in [-0.39, 0.29) is 11.7 Å². The van der Waals surface area contributed by atoms with E-state index in [0.717, 1.165) is 12.8 Å². The van der Waals surface area contributed by atoms with Gasteiger partial charge in [-0.1, -0.05) is 6.58 Å². The zero-order valence-corrected chi connectivity index (χ0v) is 6.68. The summed E-state index contributed by atoms with van der Waals surface area (Å²) in [5.74, 6) is 0. The van der Waals surface area contributed by atoms with E-state index in [2.05, 4.69) is 6.58 Å². The van der Waals surface area contributed by atoms with Gasteiger partial charge in [-0.15, -0.1) is 0 Å². The maximum atomic E-state index is 5.59. The molecule has 0 aromatic heterocycles. The summed E-state index contributed by atoms with van der Waals surface area (Å²) in [5, 5.41) is 0. The zero-order chi connectivity index (χ0) is 7.78. The van der Waals surface area contributed by atoms with Gasteiger partial charge >= 0.3 is 0 Å². The minimum absolute atomic E-state index is 0.145. The van der Waals surface area contributed by atoms with Gasteiger partial charge in [0.25, 0.3) is 0 Å². The van der Waals surface area contributed by atoms with Gasteiger partial charge in [0.05, 0.1) is 6.10 Å². The van der Waals surface area contributed by atoms with Gasteiger partial charge in [0.15, 0.2) is 0 Å². The third kappa shape index (κ3) is 1.32. The maximum Gasteiger partial charge on any atom is 0.107 e. The summed E-state index contributed by atoms with van der Waals surface area (Å²) in [6.07, 6.45) is 2.34. The van der Waals surface area contributed by atoms with Gasteiger partial charge in [-0.25, -0.2) is 0 Å². The second-order valence-electron chi connectivity index (χ2n) is 3.19. The normalized spacial score (nSPS) is 21.1. The fourth-order valence-electron chi connectivity index (χ4n) is 1.08. The smallest absolute Gasteiger partial charge is 0.107 e. The Balaban J connectivity index is 2.45. The van der Waals surface area contributed by atoms with E-state index in [1.807, 2.05) is 13.8 Å². The molecule has 0 amide bonds. The summed E-state index contributed by atoms with van der Waals surface area (Å²) < 4.78 is 5.59. The van der Waals surface area contributed by atoms with Crippen LogP contribution in [0.3, 0.4) is 0 Å². The van der Waals surface area contributed by atoms with Gasteiger partial charge in [0.1, 0.15) is 5.60 Å². The molecule has 58 valence electrons.